The van der Waals surface area contributed by atoms with Gasteiger partial charge in [0.25, 0.3) is 5.91 Å². The SMILES string of the molecule is C=C1C(=O)NC(Cc2ccccc2)C(=O)NC(CC(C)C)C(=O)NC(C(=O)O)C(C)C(=O)NC(CCCN=C(N)N)C(=O)NC(C=CC(C)=CC(C)C(Cc2ccccc2)OC)C(C)C(=O)NC(C(=O)O)CCC(=O)N1C. The van der Waals surface area contributed by atoms with Gasteiger partial charge in [0.1, 0.15) is 35.9 Å². The van der Waals surface area contributed by atoms with Crippen molar-refractivity contribution in [3.8, 4) is 0 Å². The lowest BCUT2D eigenvalue weighted by Crippen LogP contribution is -2.59. The smallest absolute Gasteiger partial charge is 0.327 e. The molecule has 7 amide bonds. The standard InChI is InChI=1S/C55H78N10O12/c1-31(2)27-42-52(72)64-46(54(75)76)35(6)48(68)60-40(21-16-26-58-55(56)57)50(70)59-39(23-22-32(3)28-33(4)44(77-9)30-38-19-14-11-15-20-38)34(5)47(67)61-41(53(73)74)24-25-45(66)65(8)36(7)49(69)62-43(51(71)63-42)29-37-17-12-10-13-18-37/h10-15,17-20,22-23,28,31,33-35,39-44,46H,7,16,21,24-27,29-30H2,1-6,8-9H3,(H,59,70)(H,60,68)(H,61,67)(H,62,69)(H,63,71)(H,64,72)(H,73,74)(H,75,76)(H4,56,57,58). The summed E-state index contributed by atoms with van der Waals surface area (Å²) in [6.45, 7) is 13.7. The van der Waals surface area contributed by atoms with Gasteiger partial charge in [-0.05, 0) is 56.1 Å². The normalized spacial score (nSPS) is 24.2. The van der Waals surface area contributed by atoms with E-state index in [1.165, 1.54) is 27.0 Å². The molecule has 0 aliphatic carbocycles. The zero-order chi connectivity index (χ0) is 57.5. The summed E-state index contributed by atoms with van der Waals surface area (Å²) in [5, 5.41) is 36.2. The Morgan fingerprint density at radius 1 is 0.779 bits per heavy atom. The number of nitrogens with zero attached hydrogens (tertiary/aromatic N) is 2. The molecule has 1 heterocycles. The van der Waals surface area contributed by atoms with E-state index in [4.69, 9.17) is 16.2 Å². The van der Waals surface area contributed by atoms with Crippen LogP contribution in [0.1, 0.15) is 84.8 Å². The number of guanidine groups is 1. The van der Waals surface area contributed by atoms with Crippen LogP contribution in [0, 0.1) is 23.7 Å². The highest BCUT2D eigenvalue weighted by Gasteiger charge is 2.38. The molecule has 3 rings (SSSR count). The second-order valence-electron chi connectivity index (χ2n) is 19.8. The fourth-order valence-electron chi connectivity index (χ4n) is 8.39. The van der Waals surface area contributed by atoms with Gasteiger partial charge in [0.15, 0.2) is 5.96 Å². The highest BCUT2D eigenvalue weighted by molar-refractivity contribution is 6.00. The third-order valence-electron chi connectivity index (χ3n) is 13.1. The number of aliphatic imine (C=N–C) groups is 1. The maximum absolute atomic E-state index is 14.5. The molecular weight excluding hydrogens is 993 g/mol. The van der Waals surface area contributed by atoms with Crippen LogP contribution in [0.5, 0.6) is 0 Å². The van der Waals surface area contributed by atoms with Crippen LogP contribution in [0.25, 0.3) is 0 Å². The monoisotopic (exact) mass is 1070 g/mol. The number of carbonyl (C=O) groups is 9. The summed E-state index contributed by atoms with van der Waals surface area (Å²) in [5.74, 6) is -12.7. The number of carboxylic acids is 2. The molecule has 10 atom stereocenters. The van der Waals surface area contributed by atoms with Gasteiger partial charge in [-0.3, -0.25) is 38.6 Å². The van der Waals surface area contributed by atoms with Crippen LogP contribution < -0.4 is 43.4 Å². The molecule has 0 spiro atoms. The van der Waals surface area contributed by atoms with Gasteiger partial charge in [-0.2, -0.15) is 0 Å². The van der Waals surface area contributed by atoms with Gasteiger partial charge in [-0.1, -0.05) is 126 Å². The Hall–Kier alpha value is -7.88. The van der Waals surface area contributed by atoms with Gasteiger partial charge in [0.2, 0.25) is 35.4 Å². The zero-order valence-electron chi connectivity index (χ0n) is 45.2. The maximum Gasteiger partial charge on any atom is 0.327 e. The van der Waals surface area contributed by atoms with Gasteiger partial charge < -0.3 is 63.2 Å². The number of hydrogen-bond donors (Lipinski definition) is 10. The molecule has 1 aliphatic heterocycles. The molecule has 22 heteroatoms. The summed E-state index contributed by atoms with van der Waals surface area (Å²) in [6.07, 6.45) is 4.47. The number of nitrogens with two attached hydrogens (primary N) is 2. The fraction of sp³-hybridized carbons (Fsp3) is 0.491. The summed E-state index contributed by atoms with van der Waals surface area (Å²) in [4.78, 5) is 129. The molecule has 0 bridgehead atoms. The van der Waals surface area contributed by atoms with Gasteiger partial charge in [-0.15, -0.1) is 0 Å². The number of amides is 7. The van der Waals surface area contributed by atoms with Crippen molar-refractivity contribution in [1.82, 2.24) is 36.8 Å². The van der Waals surface area contributed by atoms with Gasteiger partial charge in [0, 0.05) is 39.5 Å². The van der Waals surface area contributed by atoms with E-state index >= 15 is 0 Å². The number of carboxylic acid groups (broad SMARTS) is 2. The van der Waals surface area contributed by atoms with Gasteiger partial charge in [0.05, 0.1) is 24.0 Å². The first-order valence-corrected chi connectivity index (χ1v) is 25.6. The zero-order valence-corrected chi connectivity index (χ0v) is 45.2. The first-order chi connectivity index (χ1) is 36.3. The fourth-order valence-corrected chi connectivity index (χ4v) is 8.39. The molecule has 77 heavy (non-hydrogen) atoms. The summed E-state index contributed by atoms with van der Waals surface area (Å²) in [6, 6.07) is 9.37. The highest BCUT2D eigenvalue weighted by atomic mass is 16.5. The topological polar surface area (TPSA) is 343 Å². The van der Waals surface area contributed by atoms with Crippen LogP contribution in [0.2, 0.25) is 0 Å². The number of allylic oxidation sites excluding steroid dienone is 2. The quantitative estimate of drug-likeness (QED) is 0.0356. The van der Waals surface area contributed by atoms with E-state index in [1.807, 2.05) is 43.3 Å². The number of hydrogen-bond acceptors (Lipinski definition) is 11. The lowest BCUT2D eigenvalue weighted by Gasteiger charge is -2.29. The van der Waals surface area contributed by atoms with Gasteiger partial charge in [-0.25, -0.2) is 9.59 Å². The van der Waals surface area contributed by atoms with E-state index < -0.39 is 120 Å². The van der Waals surface area contributed by atoms with Crippen LogP contribution >= 0.6 is 0 Å². The van der Waals surface area contributed by atoms with Crippen LogP contribution in [0.3, 0.4) is 0 Å². The second kappa shape index (κ2) is 31.2. The van der Waals surface area contributed by atoms with Crippen molar-refractivity contribution in [3.63, 3.8) is 0 Å². The third-order valence-corrected chi connectivity index (χ3v) is 13.1. The number of ether oxygens (including phenoxy) is 1. The van der Waals surface area contributed by atoms with E-state index in [0.717, 1.165) is 10.5 Å². The first-order valence-electron chi connectivity index (χ1n) is 25.6. The largest absolute Gasteiger partial charge is 0.480 e. The van der Waals surface area contributed by atoms with E-state index in [2.05, 4.69) is 43.5 Å². The molecular formula is C55H78N10O12. The lowest BCUT2D eigenvalue weighted by atomic mass is 9.94. The molecule has 10 unspecified atom stereocenters. The van der Waals surface area contributed by atoms with Crippen molar-refractivity contribution in [2.45, 2.75) is 129 Å². The van der Waals surface area contributed by atoms with Gasteiger partial charge >= 0.3 is 11.9 Å². The number of nitrogens with one attached hydrogen (secondary N) is 6. The molecule has 1 saturated heterocycles. The summed E-state index contributed by atoms with van der Waals surface area (Å²) in [7, 11) is 2.84. The average Bonchev–Trinajstić information content (AvgIpc) is 3.38. The molecule has 420 valence electrons. The number of aliphatic carboxylic acids is 2. The molecule has 22 nitrogen and oxygen atoms in total. The van der Waals surface area contributed by atoms with E-state index in [-0.39, 0.29) is 56.1 Å². The Bertz CT molecular complexity index is 2480. The molecule has 2 aromatic carbocycles. The Labute approximate surface area is 450 Å². The summed E-state index contributed by atoms with van der Waals surface area (Å²) < 4.78 is 5.83. The van der Waals surface area contributed by atoms with Crippen molar-refractivity contribution < 1.29 is 58.1 Å². The predicted molar refractivity (Wildman–Crippen MR) is 289 cm³/mol. The molecule has 0 saturated carbocycles. The first kappa shape index (κ1) is 63.4. The molecule has 1 aliphatic rings. The Morgan fingerprint density at radius 3 is 1.92 bits per heavy atom. The number of carbonyl (C=O) groups excluding carboxylic acids is 7. The van der Waals surface area contributed by atoms with Crippen LogP contribution in [0.15, 0.2) is 102 Å². The summed E-state index contributed by atoms with van der Waals surface area (Å²) >= 11 is 0. The Morgan fingerprint density at radius 2 is 1.35 bits per heavy atom. The minimum absolute atomic E-state index is 0.0164. The van der Waals surface area contributed by atoms with Crippen molar-refractivity contribution >= 4 is 59.2 Å². The van der Waals surface area contributed by atoms with E-state index in [0.29, 0.717) is 17.6 Å². The Balaban J connectivity index is 2.16. The number of rotatable bonds is 17. The van der Waals surface area contributed by atoms with E-state index in [9.17, 15) is 53.4 Å². The minimum atomic E-state index is -1.91. The number of likely N-dealkylation sites (N-methyl/N-ethyl adjacent to an activating group) is 1. The molecule has 0 radical (unpaired) electrons. The molecule has 12 N–H and O–H groups in total. The molecule has 1 fully saturated rings. The number of benzene rings is 2. The van der Waals surface area contributed by atoms with Crippen molar-refractivity contribution in [1.29, 1.82) is 0 Å². The summed E-state index contributed by atoms with van der Waals surface area (Å²) in [5.41, 5.74) is 13.0. The van der Waals surface area contributed by atoms with Crippen LogP contribution in [-0.4, -0.2) is 137 Å². The third kappa shape index (κ3) is 21.0. The van der Waals surface area contributed by atoms with Crippen LogP contribution in [0.4, 0.5) is 0 Å². The average molecular weight is 1070 g/mol. The molecule has 0 aromatic heterocycles. The second-order valence-corrected chi connectivity index (χ2v) is 19.8. The maximum atomic E-state index is 14.5. The molecule has 2 aromatic rings. The highest BCUT2D eigenvalue weighted by Crippen LogP contribution is 2.19. The minimum Gasteiger partial charge on any atom is -0.480 e. The van der Waals surface area contributed by atoms with E-state index in [1.54, 1.807) is 64.3 Å². The van der Waals surface area contributed by atoms with Crippen molar-refractivity contribution in [2.24, 2.45) is 40.1 Å². The predicted octanol–water partition coefficient (Wildman–Crippen LogP) is 1.84. The Kier molecular flexibility index (Phi) is 25.7. The lowest BCUT2D eigenvalue weighted by molar-refractivity contribution is -0.146. The van der Waals surface area contributed by atoms with Crippen molar-refractivity contribution in [2.75, 3.05) is 20.7 Å². The van der Waals surface area contributed by atoms with Crippen molar-refractivity contribution in [3.05, 3.63) is 108 Å². The van der Waals surface area contributed by atoms with Crippen LogP contribution in [-0.2, 0) is 60.7 Å². The number of methoxy groups -OCH3 is 1.